The number of hydrogen-bond donors (Lipinski definition) is 1. The van der Waals surface area contributed by atoms with Crippen molar-refractivity contribution < 1.29 is 18.8 Å². The zero-order valence-corrected chi connectivity index (χ0v) is 19.2. The van der Waals surface area contributed by atoms with Crippen LogP contribution in [-0.4, -0.2) is 56.3 Å². The molecule has 0 aliphatic carbocycles. The van der Waals surface area contributed by atoms with Crippen LogP contribution in [0.25, 0.3) is 5.52 Å². The smallest absolute Gasteiger partial charge is 0.255 e. The SMILES string of the molecule is O=C1CCC(N2Cc3cc(C4CCN(Cc5cnn6ccccc56)CC4)c(F)cc3C2=O)C(=O)N1. The van der Waals surface area contributed by atoms with E-state index in [0.29, 0.717) is 17.5 Å². The largest absolute Gasteiger partial charge is 0.322 e. The number of likely N-dealkylation sites (tertiary alicyclic amines) is 1. The Labute approximate surface area is 201 Å². The average molecular weight is 476 g/mol. The molecule has 1 N–H and O–H groups in total. The number of benzene rings is 1. The average Bonchev–Trinajstić information content (AvgIpc) is 3.40. The molecule has 1 atom stereocenters. The third-order valence-corrected chi connectivity index (χ3v) is 7.57. The summed E-state index contributed by atoms with van der Waals surface area (Å²) in [4.78, 5) is 40.5. The molecule has 9 heteroatoms. The van der Waals surface area contributed by atoms with Crippen molar-refractivity contribution >= 4 is 23.2 Å². The van der Waals surface area contributed by atoms with Gasteiger partial charge in [0.05, 0.1) is 11.7 Å². The van der Waals surface area contributed by atoms with E-state index < -0.39 is 11.9 Å². The van der Waals surface area contributed by atoms with Crippen molar-refractivity contribution in [2.75, 3.05) is 13.1 Å². The molecule has 3 aliphatic rings. The Morgan fingerprint density at radius 2 is 1.91 bits per heavy atom. The number of carbonyl (C=O) groups is 3. The fourth-order valence-electron chi connectivity index (χ4n) is 5.67. The quantitative estimate of drug-likeness (QED) is 0.587. The monoisotopic (exact) mass is 475 g/mol. The van der Waals surface area contributed by atoms with Crippen LogP contribution < -0.4 is 5.32 Å². The molecule has 3 amide bonds. The third-order valence-electron chi connectivity index (χ3n) is 7.57. The maximum atomic E-state index is 15.2. The van der Waals surface area contributed by atoms with E-state index in [0.717, 1.165) is 43.6 Å². The number of nitrogens with zero attached hydrogens (tertiary/aromatic N) is 4. The van der Waals surface area contributed by atoms with E-state index in [9.17, 15) is 14.4 Å². The molecule has 0 radical (unpaired) electrons. The van der Waals surface area contributed by atoms with Crippen molar-refractivity contribution in [3.05, 3.63) is 70.8 Å². The first kappa shape index (κ1) is 21.9. The molecule has 2 saturated heterocycles. The fourth-order valence-corrected chi connectivity index (χ4v) is 5.67. The molecule has 0 spiro atoms. The van der Waals surface area contributed by atoms with E-state index in [4.69, 9.17) is 0 Å². The van der Waals surface area contributed by atoms with Crippen LogP contribution in [-0.2, 0) is 22.7 Å². The molecule has 5 heterocycles. The summed E-state index contributed by atoms with van der Waals surface area (Å²) >= 11 is 0. The minimum absolute atomic E-state index is 0.0835. The van der Waals surface area contributed by atoms with Crippen LogP contribution in [0.2, 0.25) is 0 Å². The van der Waals surface area contributed by atoms with Crippen LogP contribution in [0, 0.1) is 5.82 Å². The lowest BCUT2D eigenvalue weighted by molar-refractivity contribution is -0.136. The maximum Gasteiger partial charge on any atom is 0.255 e. The first-order valence-corrected chi connectivity index (χ1v) is 12.1. The number of nitrogens with one attached hydrogen (secondary N) is 1. The van der Waals surface area contributed by atoms with Crippen LogP contribution in [0.5, 0.6) is 0 Å². The normalized spacial score (nSPS) is 21.6. The molecule has 35 heavy (non-hydrogen) atoms. The number of piperidine rings is 2. The van der Waals surface area contributed by atoms with Gasteiger partial charge in [0.15, 0.2) is 0 Å². The number of rotatable bonds is 4. The number of pyridine rings is 1. The minimum Gasteiger partial charge on any atom is -0.322 e. The van der Waals surface area contributed by atoms with E-state index in [1.807, 2.05) is 35.1 Å². The van der Waals surface area contributed by atoms with Gasteiger partial charge < -0.3 is 4.90 Å². The highest BCUT2D eigenvalue weighted by atomic mass is 19.1. The summed E-state index contributed by atoms with van der Waals surface area (Å²) in [5, 5.41) is 6.71. The summed E-state index contributed by atoms with van der Waals surface area (Å²) in [5.41, 5.74) is 4.01. The van der Waals surface area contributed by atoms with Gasteiger partial charge in [-0.05, 0) is 67.6 Å². The predicted octanol–water partition coefficient (Wildman–Crippen LogP) is 2.61. The molecule has 1 unspecified atom stereocenters. The number of carbonyl (C=O) groups excluding carboxylic acids is 3. The van der Waals surface area contributed by atoms with Crippen LogP contribution in [0.15, 0.2) is 42.7 Å². The second kappa shape index (κ2) is 8.57. The molecule has 0 saturated carbocycles. The van der Waals surface area contributed by atoms with Gasteiger partial charge in [0, 0.05) is 36.8 Å². The number of hydrogen-bond acceptors (Lipinski definition) is 5. The van der Waals surface area contributed by atoms with Gasteiger partial charge in [-0.2, -0.15) is 5.10 Å². The molecule has 3 aromatic rings. The van der Waals surface area contributed by atoms with Gasteiger partial charge in [0.25, 0.3) is 5.91 Å². The van der Waals surface area contributed by atoms with Crippen molar-refractivity contribution in [1.82, 2.24) is 24.7 Å². The minimum atomic E-state index is -0.692. The highest BCUT2D eigenvalue weighted by Gasteiger charge is 2.40. The number of imide groups is 1. The first-order chi connectivity index (χ1) is 17.0. The third kappa shape index (κ3) is 3.89. The van der Waals surface area contributed by atoms with Gasteiger partial charge in [-0.25, -0.2) is 8.91 Å². The maximum absolute atomic E-state index is 15.2. The Hall–Kier alpha value is -3.59. The summed E-state index contributed by atoms with van der Waals surface area (Å²) in [5.74, 6) is -1.40. The molecular weight excluding hydrogens is 449 g/mol. The van der Waals surface area contributed by atoms with E-state index in [2.05, 4.69) is 21.4 Å². The standard InChI is InChI=1S/C26H26FN5O3/c27-21-12-20-17(15-31(26(20)35)23-4-5-24(33)29-25(23)34)11-19(21)16-6-9-30(10-7-16)14-18-13-28-32-8-2-1-3-22(18)32/h1-3,8,11-13,16,23H,4-7,9-10,14-15H2,(H,29,33,34). The van der Waals surface area contributed by atoms with Crippen molar-refractivity contribution in [3.8, 4) is 0 Å². The topological polar surface area (TPSA) is 87.0 Å². The van der Waals surface area contributed by atoms with E-state index in [-0.39, 0.29) is 36.5 Å². The second-order valence-electron chi connectivity index (χ2n) is 9.68. The molecule has 3 aliphatic heterocycles. The Kier molecular flexibility index (Phi) is 5.36. The van der Waals surface area contributed by atoms with E-state index in [1.54, 1.807) is 0 Å². The van der Waals surface area contributed by atoms with Gasteiger partial charge in [-0.15, -0.1) is 0 Å². The molecule has 2 fully saturated rings. The van der Waals surface area contributed by atoms with Crippen LogP contribution >= 0.6 is 0 Å². The lowest BCUT2D eigenvalue weighted by Crippen LogP contribution is -2.52. The van der Waals surface area contributed by atoms with Gasteiger partial charge in [0.1, 0.15) is 11.9 Å². The molecule has 2 aromatic heterocycles. The summed E-state index contributed by atoms with van der Waals surface area (Å²) in [6, 6.07) is 8.49. The molecular formula is C26H26FN5O3. The van der Waals surface area contributed by atoms with Gasteiger partial charge in [0.2, 0.25) is 11.8 Å². The number of amides is 3. The number of halogens is 1. The first-order valence-electron chi connectivity index (χ1n) is 12.1. The van der Waals surface area contributed by atoms with Crippen molar-refractivity contribution in [1.29, 1.82) is 0 Å². The lowest BCUT2D eigenvalue weighted by Gasteiger charge is -2.32. The van der Waals surface area contributed by atoms with Gasteiger partial charge in [-0.3, -0.25) is 24.6 Å². The zero-order chi connectivity index (χ0) is 24.1. The highest BCUT2D eigenvalue weighted by molar-refractivity contribution is 6.05. The number of fused-ring (bicyclic) bond motifs is 2. The molecule has 1 aromatic carbocycles. The van der Waals surface area contributed by atoms with Crippen LogP contribution in [0.3, 0.4) is 0 Å². The Morgan fingerprint density at radius 1 is 1.09 bits per heavy atom. The highest BCUT2D eigenvalue weighted by Crippen LogP contribution is 2.35. The van der Waals surface area contributed by atoms with E-state index in [1.165, 1.54) is 16.5 Å². The molecule has 0 bridgehead atoms. The number of aromatic nitrogens is 2. The van der Waals surface area contributed by atoms with Crippen LogP contribution in [0.1, 0.15) is 58.6 Å². The van der Waals surface area contributed by atoms with Crippen molar-refractivity contribution in [2.45, 2.75) is 50.7 Å². The molecule has 180 valence electrons. The van der Waals surface area contributed by atoms with Gasteiger partial charge in [-0.1, -0.05) is 12.1 Å². The van der Waals surface area contributed by atoms with Crippen molar-refractivity contribution in [2.24, 2.45) is 0 Å². The Balaban J connectivity index is 1.14. The molecule has 8 nitrogen and oxygen atoms in total. The van der Waals surface area contributed by atoms with Gasteiger partial charge >= 0.3 is 0 Å². The summed E-state index contributed by atoms with van der Waals surface area (Å²) < 4.78 is 17.0. The fraction of sp³-hybridized carbons (Fsp3) is 0.385. The summed E-state index contributed by atoms with van der Waals surface area (Å²) in [7, 11) is 0. The molecule has 6 rings (SSSR count). The van der Waals surface area contributed by atoms with E-state index >= 15 is 4.39 Å². The van der Waals surface area contributed by atoms with Crippen LogP contribution in [0.4, 0.5) is 4.39 Å². The lowest BCUT2D eigenvalue weighted by atomic mass is 9.87. The Morgan fingerprint density at radius 3 is 2.71 bits per heavy atom. The van der Waals surface area contributed by atoms with Crippen molar-refractivity contribution in [3.63, 3.8) is 0 Å². The second-order valence-corrected chi connectivity index (χ2v) is 9.68. The summed E-state index contributed by atoms with van der Waals surface area (Å²) in [6.45, 7) is 2.78. The zero-order valence-electron chi connectivity index (χ0n) is 19.2. The Bertz CT molecular complexity index is 1340. The summed E-state index contributed by atoms with van der Waals surface area (Å²) in [6.07, 6.45) is 6.01. The predicted molar refractivity (Wildman–Crippen MR) is 125 cm³/mol.